The maximum Gasteiger partial charge on any atom is 0.145 e. The number of aromatic nitrogens is 2. The Bertz CT molecular complexity index is 2590. The second kappa shape index (κ2) is 12.7. The summed E-state index contributed by atoms with van der Waals surface area (Å²) in [5.41, 5.74) is 15.6. The molecular weight excluding hydrogens is 641 g/mol. The quantitative estimate of drug-likeness (QED) is 0.209. The van der Waals surface area contributed by atoms with E-state index in [1.807, 2.05) is 0 Å². The molecule has 4 aromatic rings. The van der Waals surface area contributed by atoms with Gasteiger partial charge in [0.15, 0.2) is 0 Å². The van der Waals surface area contributed by atoms with Gasteiger partial charge in [-0.05, 0) is 161 Å². The normalized spacial score (nSPS) is 24.0. The van der Waals surface area contributed by atoms with Crippen LogP contribution in [0.2, 0.25) is 0 Å². The predicted octanol–water partition coefficient (Wildman–Crippen LogP) is 11.3. The number of nitrogens with zero attached hydrogens (tertiary/aromatic N) is 2. The Morgan fingerprint density at radius 3 is 2.17 bits per heavy atom. The Kier molecular flexibility index (Phi) is 7.52. The van der Waals surface area contributed by atoms with Gasteiger partial charge in [-0.2, -0.15) is 0 Å². The van der Waals surface area contributed by atoms with Crippen molar-refractivity contribution < 1.29 is 0 Å². The number of imidazole rings is 1. The lowest BCUT2D eigenvalue weighted by Crippen LogP contribution is -2.35. The SMILES string of the molecule is C1=Cc2c(nc(-c3ccccc3)n2C2=CC=C(c3c4c(c(C5=CC6=CC7=CC=C8C=CCCC8C7CC6CC5)c5ccccc35)=CCCC=4)CC2)CC1. The van der Waals surface area contributed by atoms with Crippen LogP contribution in [0.25, 0.3) is 57.2 Å². The molecule has 260 valence electrons. The van der Waals surface area contributed by atoms with Crippen molar-refractivity contribution in [3.05, 3.63) is 159 Å². The second-order valence-electron chi connectivity index (χ2n) is 16.2. The van der Waals surface area contributed by atoms with Gasteiger partial charge in [0.05, 0.1) is 11.4 Å². The lowest BCUT2D eigenvalue weighted by Gasteiger charge is -2.41. The number of hydrogen-bond donors (Lipinski definition) is 0. The van der Waals surface area contributed by atoms with Crippen LogP contribution < -0.4 is 10.4 Å². The number of rotatable bonds is 4. The van der Waals surface area contributed by atoms with Crippen LogP contribution in [0.1, 0.15) is 86.7 Å². The molecule has 0 fully saturated rings. The number of benzene rings is 3. The molecular formula is C51H46N2. The van der Waals surface area contributed by atoms with Crippen molar-refractivity contribution in [2.24, 2.45) is 17.8 Å². The summed E-state index contributed by atoms with van der Waals surface area (Å²) in [6.07, 6.45) is 41.9. The Morgan fingerprint density at radius 2 is 1.36 bits per heavy atom. The van der Waals surface area contributed by atoms with Gasteiger partial charge >= 0.3 is 0 Å². The largest absolute Gasteiger partial charge is 0.296 e. The van der Waals surface area contributed by atoms with E-state index in [1.165, 1.54) is 91.8 Å². The Hall–Kier alpha value is -5.21. The monoisotopic (exact) mass is 686 g/mol. The standard InChI is InChI=1S/C51H46N2/c1-2-13-35(14-3-1)51-52-47-20-10-11-21-48(47)53(51)40-28-26-34(27-29-40)49-42-16-6-8-18-44(42)50(45-19-9-7-17-43(45)49)38-25-23-36-32-46-37(30-39(36)31-38)24-22-33-12-4-5-15-41(33)46/h1-4,6,8,11-14,16-19,21-22,24,26,28,30-31,36,41,46H,5,7,9-10,15,20,23,25,27,29,32H2. The minimum absolute atomic E-state index is 0.676. The zero-order valence-corrected chi connectivity index (χ0v) is 30.5. The van der Waals surface area contributed by atoms with Gasteiger partial charge in [0.2, 0.25) is 0 Å². The van der Waals surface area contributed by atoms with E-state index in [0.29, 0.717) is 17.8 Å². The van der Waals surface area contributed by atoms with Crippen LogP contribution in [0.4, 0.5) is 0 Å². The van der Waals surface area contributed by atoms with Gasteiger partial charge in [-0.1, -0.05) is 115 Å². The summed E-state index contributed by atoms with van der Waals surface area (Å²) in [4.78, 5) is 5.21. The number of aryl methyl sites for hydroxylation is 1. The van der Waals surface area contributed by atoms with Crippen molar-refractivity contribution in [2.45, 2.75) is 70.6 Å². The van der Waals surface area contributed by atoms with Crippen molar-refractivity contribution >= 4 is 45.8 Å². The number of fused-ring (bicyclic) bond motifs is 7. The zero-order chi connectivity index (χ0) is 34.9. The third-order valence-corrected chi connectivity index (χ3v) is 13.3. The van der Waals surface area contributed by atoms with Crippen molar-refractivity contribution in [3.8, 4) is 11.4 Å². The van der Waals surface area contributed by atoms with Gasteiger partial charge in [-0.25, -0.2) is 4.98 Å². The van der Waals surface area contributed by atoms with Crippen molar-refractivity contribution in [1.29, 1.82) is 0 Å². The van der Waals surface area contributed by atoms with Crippen LogP contribution in [0.3, 0.4) is 0 Å². The summed E-state index contributed by atoms with van der Waals surface area (Å²) >= 11 is 0. The highest BCUT2D eigenvalue weighted by Gasteiger charge is 2.37. The van der Waals surface area contributed by atoms with Crippen molar-refractivity contribution in [2.75, 3.05) is 0 Å². The highest BCUT2D eigenvalue weighted by atomic mass is 15.1. The highest BCUT2D eigenvalue weighted by Crippen LogP contribution is 2.49. The first-order chi connectivity index (χ1) is 26.3. The summed E-state index contributed by atoms with van der Waals surface area (Å²) in [7, 11) is 0. The molecule has 1 aromatic heterocycles. The van der Waals surface area contributed by atoms with Crippen LogP contribution in [0, 0.1) is 17.8 Å². The van der Waals surface area contributed by atoms with E-state index in [0.717, 1.165) is 50.8 Å². The first kappa shape index (κ1) is 31.3. The molecule has 2 heteroatoms. The molecule has 0 amide bonds. The Balaban J connectivity index is 1.02. The Morgan fingerprint density at radius 1 is 0.585 bits per heavy atom. The summed E-state index contributed by atoms with van der Waals surface area (Å²) in [5.74, 6) is 3.15. The first-order valence-electron chi connectivity index (χ1n) is 20.3. The zero-order valence-electron chi connectivity index (χ0n) is 30.5. The molecule has 1 heterocycles. The topological polar surface area (TPSA) is 17.8 Å². The van der Waals surface area contributed by atoms with Gasteiger partial charge in [-0.15, -0.1) is 0 Å². The summed E-state index contributed by atoms with van der Waals surface area (Å²) in [6, 6.07) is 20.0. The van der Waals surface area contributed by atoms with Crippen molar-refractivity contribution in [1.82, 2.24) is 9.55 Å². The molecule has 0 bridgehead atoms. The summed E-state index contributed by atoms with van der Waals surface area (Å²) < 4.78 is 2.44. The summed E-state index contributed by atoms with van der Waals surface area (Å²) in [6.45, 7) is 0. The van der Waals surface area contributed by atoms with E-state index in [1.54, 1.807) is 16.7 Å². The molecule has 3 atom stereocenters. The third-order valence-electron chi connectivity index (χ3n) is 13.3. The highest BCUT2D eigenvalue weighted by molar-refractivity contribution is 6.02. The molecule has 2 nitrogen and oxygen atoms in total. The van der Waals surface area contributed by atoms with Crippen LogP contribution in [0.15, 0.2) is 126 Å². The molecule has 0 spiro atoms. The van der Waals surface area contributed by atoms with Gasteiger partial charge in [-0.3, -0.25) is 4.57 Å². The molecule has 0 saturated heterocycles. The lowest BCUT2D eigenvalue weighted by atomic mass is 9.64. The maximum atomic E-state index is 5.21. The van der Waals surface area contributed by atoms with E-state index < -0.39 is 0 Å². The molecule has 0 aliphatic heterocycles. The fourth-order valence-corrected chi connectivity index (χ4v) is 10.8. The Labute approximate surface area is 313 Å². The predicted molar refractivity (Wildman–Crippen MR) is 223 cm³/mol. The number of allylic oxidation sites excluding steroid dienone is 15. The third kappa shape index (κ3) is 5.17. The lowest BCUT2D eigenvalue weighted by molar-refractivity contribution is 0.324. The molecule has 7 aliphatic carbocycles. The first-order valence-corrected chi connectivity index (χ1v) is 20.3. The number of hydrogen-bond acceptors (Lipinski definition) is 1. The smallest absolute Gasteiger partial charge is 0.145 e. The molecule has 0 N–H and O–H groups in total. The molecule has 0 saturated carbocycles. The minimum Gasteiger partial charge on any atom is -0.296 e. The van der Waals surface area contributed by atoms with Crippen LogP contribution in [-0.4, -0.2) is 9.55 Å². The second-order valence-corrected chi connectivity index (χ2v) is 16.2. The average Bonchev–Trinajstić information content (AvgIpc) is 3.62. The van der Waals surface area contributed by atoms with E-state index in [4.69, 9.17) is 4.98 Å². The van der Waals surface area contributed by atoms with Gasteiger partial charge in [0, 0.05) is 11.3 Å². The fraction of sp³-hybridized carbons (Fsp3) is 0.275. The molecule has 53 heavy (non-hydrogen) atoms. The van der Waals surface area contributed by atoms with Crippen molar-refractivity contribution in [3.63, 3.8) is 0 Å². The summed E-state index contributed by atoms with van der Waals surface area (Å²) in [5, 5.41) is 5.75. The van der Waals surface area contributed by atoms with Gasteiger partial charge in [0.25, 0.3) is 0 Å². The molecule has 0 radical (unpaired) electrons. The van der Waals surface area contributed by atoms with Gasteiger partial charge in [0.1, 0.15) is 5.82 Å². The fourth-order valence-electron chi connectivity index (χ4n) is 10.8. The van der Waals surface area contributed by atoms with E-state index >= 15 is 0 Å². The molecule has 11 rings (SSSR count). The average molecular weight is 687 g/mol. The minimum atomic E-state index is 0.676. The molecule has 3 unspecified atom stereocenters. The van der Waals surface area contributed by atoms with Crippen LogP contribution >= 0.6 is 0 Å². The molecule has 7 aliphatic rings. The van der Waals surface area contributed by atoms with Crippen LogP contribution in [-0.2, 0) is 6.42 Å². The van der Waals surface area contributed by atoms with Crippen LogP contribution in [0.5, 0.6) is 0 Å². The maximum absolute atomic E-state index is 5.21. The van der Waals surface area contributed by atoms with E-state index in [2.05, 4.69) is 132 Å². The van der Waals surface area contributed by atoms with E-state index in [9.17, 15) is 0 Å². The van der Waals surface area contributed by atoms with Gasteiger partial charge < -0.3 is 0 Å². The van der Waals surface area contributed by atoms with E-state index in [-0.39, 0.29) is 0 Å². The molecule has 3 aromatic carbocycles.